The van der Waals surface area contributed by atoms with E-state index in [0.717, 1.165) is 25.7 Å². The number of carbonyl (C=O) groups is 2. The normalized spacial score (nSPS) is 10.5. The number of carbonyl (C=O) groups excluding carboxylic acids is 2. The van der Waals surface area contributed by atoms with Gasteiger partial charge in [0.25, 0.3) is 0 Å². The Hall–Kier alpha value is -1.06. The molecule has 0 aliphatic carbocycles. The lowest BCUT2D eigenvalue weighted by Gasteiger charge is -2.23. The number of rotatable bonds is 9. The predicted molar refractivity (Wildman–Crippen MR) is 72.2 cm³/mol. The van der Waals surface area contributed by atoms with Crippen molar-refractivity contribution in [1.29, 1.82) is 0 Å². The Morgan fingerprint density at radius 3 is 2.17 bits per heavy atom. The molecule has 0 heterocycles. The van der Waals surface area contributed by atoms with Crippen LogP contribution in [0.25, 0.3) is 0 Å². The topological polar surface area (TPSA) is 46.6 Å². The van der Waals surface area contributed by atoms with Crippen LogP contribution < -0.4 is 0 Å². The Bertz CT molecular complexity index is 247. The van der Waals surface area contributed by atoms with Gasteiger partial charge in [0, 0.05) is 25.9 Å². The highest BCUT2D eigenvalue weighted by molar-refractivity contribution is 5.78. The van der Waals surface area contributed by atoms with Gasteiger partial charge in [-0.15, -0.1) is 0 Å². The maximum absolute atomic E-state index is 12.2. The number of methoxy groups -OCH3 is 1. The number of nitrogens with zero attached hydrogens (tertiary/aromatic N) is 1. The molecule has 0 bridgehead atoms. The predicted octanol–water partition coefficient (Wildman–Crippen LogP) is 2.61. The van der Waals surface area contributed by atoms with Gasteiger partial charge in [-0.3, -0.25) is 9.59 Å². The van der Waals surface area contributed by atoms with Crippen LogP contribution in [0.3, 0.4) is 0 Å². The van der Waals surface area contributed by atoms with Gasteiger partial charge in [-0.1, -0.05) is 26.7 Å². The number of hydrogen-bond donors (Lipinski definition) is 0. The lowest BCUT2D eigenvalue weighted by Crippen LogP contribution is -2.34. The Morgan fingerprint density at radius 1 is 1.17 bits per heavy atom. The first-order chi connectivity index (χ1) is 8.56. The quantitative estimate of drug-likeness (QED) is 0.596. The van der Waals surface area contributed by atoms with Crippen molar-refractivity contribution in [2.45, 2.75) is 52.4 Å². The second-order valence-corrected chi connectivity index (χ2v) is 4.71. The van der Waals surface area contributed by atoms with Crippen molar-refractivity contribution in [3.8, 4) is 0 Å². The summed E-state index contributed by atoms with van der Waals surface area (Å²) in [5, 5.41) is 0. The van der Waals surface area contributed by atoms with E-state index in [2.05, 4.69) is 18.6 Å². The summed E-state index contributed by atoms with van der Waals surface area (Å²) in [5.41, 5.74) is 0. The summed E-state index contributed by atoms with van der Waals surface area (Å²) in [6.07, 6.45) is 5.01. The van der Waals surface area contributed by atoms with Crippen LogP contribution in [0.4, 0.5) is 0 Å². The molecule has 0 spiro atoms. The third-order valence-electron chi connectivity index (χ3n) is 3.10. The average molecular weight is 257 g/mol. The Morgan fingerprint density at radius 2 is 1.72 bits per heavy atom. The second-order valence-electron chi connectivity index (χ2n) is 4.71. The molecule has 0 radical (unpaired) electrons. The lowest BCUT2D eigenvalue weighted by atomic mass is 9.97. The first-order valence-electron chi connectivity index (χ1n) is 6.88. The lowest BCUT2D eigenvalue weighted by molar-refractivity contribution is -0.141. The van der Waals surface area contributed by atoms with Gasteiger partial charge in [0.05, 0.1) is 7.11 Å². The summed E-state index contributed by atoms with van der Waals surface area (Å²) >= 11 is 0. The molecule has 4 nitrogen and oxygen atoms in total. The Balaban J connectivity index is 4.08. The largest absolute Gasteiger partial charge is 0.469 e. The van der Waals surface area contributed by atoms with E-state index in [0.29, 0.717) is 19.4 Å². The van der Waals surface area contributed by atoms with E-state index >= 15 is 0 Å². The highest BCUT2D eigenvalue weighted by Crippen LogP contribution is 2.16. The molecule has 0 rings (SSSR count). The van der Waals surface area contributed by atoms with Gasteiger partial charge in [0.15, 0.2) is 0 Å². The minimum atomic E-state index is -0.213. The molecule has 0 fully saturated rings. The van der Waals surface area contributed by atoms with Gasteiger partial charge in [0.1, 0.15) is 0 Å². The zero-order valence-electron chi connectivity index (χ0n) is 12.2. The minimum Gasteiger partial charge on any atom is -0.469 e. The molecule has 18 heavy (non-hydrogen) atoms. The second kappa shape index (κ2) is 9.92. The minimum absolute atomic E-state index is 0.142. The van der Waals surface area contributed by atoms with Crippen molar-refractivity contribution in [1.82, 2.24) is 4.90 Å². The van der Waals surface area contributed by atoms with Gasteiger partial charge in [-0.2, -0.15) is 0 Å². The van der Waals surface area contributed by atoms with Crippen molar-refractivity contribution in [2.75, 3.05) is 20.7 Å². The molecule has 0 N–H and O–H groups in total. The van der Waals surface area contributed by atoms with Crippen molar-refractivity contribution in [2.24, 2.45) is 5.92 Å². The highest BCUT2D eigenvalue weighted by Gasteiger charge is 2.20. The molecule has 1 amide bonds. The molecule has 0 aromatic carbocycles. The SMILES string of the molecule is CCCC(CCC)C(=O)N(C)CCCC(=O)OC. The molecule has 0 aromatic heterocycles. The van der Waals surface area contributed by atoms with E-state index in [4.69, 9.17) is 0 Å². The summed E-state index contributed by atoms with van der Waals surface area (Å²) in [5.74, 6) is 0.140. The number of hydrogen-bond acceptors (Lipinski definition) is 3. The molecule has 0 unspecified atom stereocenters. The fourth-order valence-electron chi connectivity index (χ4n) is 2.07. The van der Waals surface area contributed by atoms with E-state index in [1.165, 1.54) is 7.11 Å². The van der Waals surface area contributed by atoms with Gasteiger partial charge in [-0.25, -0.2) is 0 Å². The van der Waals surface area contributed by atoms with Crippen molar-refractivity contribution >= 4 is 11.9 Å². The zero-order valence-corrected chi connectivity index (χ0v) is 12.2. The Kier molecular flexibility index (Phi) is 9.33. The monoisotopic (exact) mass is 257 g/mol. The van der Waals surface area contributed by atoms with Crippen LogP contribution in [-0.4, -0.2) is 37.5 Å². The molecule has 0 aromatic rings. The molecule has 0 saturated heterocycles. The van der Waals surface area contributed by atoms with Crippen LogP contribution in [0.5, 0.6) is 0 Å². The van der Waals surface area contributed by atoms with Crippen LogP contribution in [-0.2, 0) is 14.3 Å². The molecule has 0 aliphatic rings. The third kappa shape index (κ3) is 6.62. The van der Waals surface area contributed by atoms with Gasteiger partial charge < -0.3 is 9.64 Å². The molecule has 106 valence electrons. The summed E-state index contributed by atoms with van der Waals surface area (Å²) in [6, 6.07) is 0. The fraction of sp³-hybridized carbons (Fsp3) is 0.857. The first-order valence-corrected chi connectivity index (χ1v) is 6.88. The molecular formula is C14H27NO3. The van der Waals surface area contributed by atoms with Crippen molar-refractivity contribution in [3.05, 3.63) is 0 Å². The van der Waals surface area contributed by atoms with E-state index in [1.807, 2.05) is 7.05 Å². The summed E-state index contributed by atoms with van der Waals surface area (Å²) in [6.45, 7) is 4.83. The molecule has 0 saturated carbocycles. The zero-order chi connectivity index (χ0) is 14.0. The fourth-order valence-corrected chi connectivity index (χ4v) is 2.07. The van der Waals surface area contributed by atoms with Crippen LogP contribution in [0.15, 0.2) is 0 Å². The molecule has 0 atom stereocenters. The van der Waals surface area contributed by atoms with Crippen LogP contribution >= 0.6 is 0 Å². The molecule has 4 heteroatoms. The van der Waals surface area contributed by atoms with Crippen LogP contribution in [0, 0.1) is 5.92 Å². The maximum atomic E-state index is 12.2. The van der Waals surface area contributed by atoms with E-state index in [9.17, 15) is 9.59 Å². The molecular weight excluding hydrogens is 230 g/mol. The highest BCUT2D eigenvalue weighted by atomic mass is 16.5. The van der Waals surface area contributed by atoms with Gasteiger partial charge in [-0.05, 0) is 19.3 Å². The van der Waals surface area contributed by atoms with Gasteiger partial charge >= 0.3 is 5.97 Å². The number of esters is 1. The number of amides is 1. The van der Waals surface area contributed by atoms with Gasteiger partial charge in [0.2, 0.25) is 5.91 Å². The van der Waals surface area contributed by atoms with Crippen LogP contribution in [0.1, 0.15) is 52.4 Å². The number of ether oxygens (including phenoxy) is 1. The van der Waals surface area contributed by atoms with Crippen LogP contribution in [0.2, 0.25) is 0 Å². The summed E-state index contributed by atoms with van der Waals surface area (Å²) < 4.78 is 4.57. The van der Waals surface area contributed by atoms with E-state index < -0.39 is 0 Å². The third-order valence-corrected chi connectivity index (χ3v) is 3.10. The van der Waals surface area contributed by atoms with Crippen molar-refractivity contribution < 1.29 is 14.3 Å². The Labute approximate surface area is 111 Å². The van der Waals surface area contributed by atoms with E-state index in [-0.39, 0.29) is 17.8 Å². The smallest absolute Gasteiger partial charge is 0.305 e. The van der Waals surface area contributed by atoms with Crippen molar-refractivity contribution in [3.63, 3.8) is 0 Å². The standard InChI is InChI=1S/C14H27NO3/c1-5-8-12(9-6-2)14(17)15(3)11-7-10-13(16)18-4/h12H,5-11H2,1-4H3. The van der Waals surface area contributed by atoms with E-state index in [1.54, 1.807) is 4.90 Å². The maximum Gasteiger partial charge on any atom is 0.305 e. The first kappa shape index (κ1) is 16.9. The molecule has 0 aliphatic heterocycles. The summed E-state index contributed by atoms with van der Waals surface area (Å²) in [4.78, 5) is 24.9. The summed E-state index contributed by atoms with van der Waals surface area (Å²) in [7, 11) is 3.20. The average Bonchev–Trinajstić information content (AvgIpc) is 2.37.